The molecule has 2 aromatic carbocycles. The lowest BCUT2D eigenvalue weighted by atomic mass is 10.1. The van der Waals surface area contributed by atoms with E-state index in [-0.39, 0.29) is 10.9 Å². The minimum absolute atomic E-state index is 0.248. The molecule has 3 aromatic rings. The van der Waals surface area contributed by atoms with Crippen molar-refractivity contribution in [2.24, 2.45) is 0 Å². The van der Waals surface area contributed by atoms with E-state index in [0.717, 1.165) is 16.6 Å². The molecular formula is C17H14ClN3O2S. The number of hydrogen-bond acceptors (Lipinski definition) is 3. The molecule has 0 aliphatic carbocycles. The van der Waals surface area contributed by atoms with Gasteiger partial charge in [0, 0.05) is 21.7 Å². The number of para-hydroxylation sites is 1. The molecule has 0 atom stereocenters. The van der Waals surface area contributed by atoms with Crippen LogP contribution < -0.4 is 16.2 Å². The number of nitrogens with one attached hydrogen (secondary N) is 3. The number of hydrogen-bond donors (Lipinski definition) is 3. The molecule has 5 nitrogen and oxygen atoms in total. The van der Waals surface area contributed by atoms with Crippen LogP contribution in [0, 0.1) is 6.92 Å². The average molecular weight is 360 g/mol. The molecule has 1 aromatic heterocycles. The number of fused-ring (bicyclic) bond motifs is 1. The van der Waals surface area contributed by atoms with Crippen LogP contribution in [-0.2, 0) is 0 Å². The molecule has 3 rings (SSSR count). The Morgan fingerprint density at radius 3 is 2.50 bits per heavy atom. The van der Waals surface area contributed by atoms with E-state index in [4.69, 9.17) is 28.2 Å². The Balaban J connectivity index is 1.63. The molecule has 1 amide bonds. The van der Waals surface area contributed by atoms with Crippen molar-refractivity contribution in [1.29, 1.82) is 0 Å². The quantitative estimate of drug-likeness (QED) is 0.476. The fourth-order valence-electron chi connectivity index (χ4n) is 2.26. The highest BCUT2D eigenvalue weighted by atomic mass is 35.5. The molecule has 0 saturated carbocycles. The zero-order chi connectivity index (χ0) is 17.1. The third kappa shape index (κ3) is 3.50. The van der Waals surface area contributed by atoms with Crippen molar-refractivity contribution < 1.29 is 9.21 Å². The molecule has 0 spiro atoms. The molecule has 0 saturated heterocycles. The van der Waals surface area contributed by atoms with Gasteiger partial charge in [0.15, 0.2) is 10.9 Å². The van der Waals surface area contributed by atoms with E-state index in [2.05, 4.69) is 16.2 Å². The number of amides is 1. The maximum atomic E-state index is 12.3. The van der Waals surface area contributed by atoms with Gasteiger partial charge in [-0.25, -0.2) is 0 Å². The topological polar surface area (TPSA) is 66.3 Å². The maximum absolute atomic E-state index is 12.3. The molecule has 0 aliphatic rings. The summed E-state index contributed by atoms with van der Waals surface area (Å²) in [6, 6.07) is 14.5. The van der Waals surface area contributed by atoms with Crippen LogP contribution in [0.3, 0.4) is 0 Å². The minimum atomic E-state index is -0.399. The molecule has 0 unspecified atom stereocenters. The highest BCUT2D eigenvalue weighted by Gasteiger charge is 2.17. The van der Waals surface area contributed by atoms with Gasteiger partial charge in [-0.1, -0.05) is 29.8 Å². The molecule has 122 valence electrons. The normalized spacial score (nSPS) is 10.4. The summed E-state index contributed by atoms with van der Waals surface area (Å²) in [6.45, 7) is 1.84. The van der Waals surface area contributed by atoms with Crippen LogP contribution in [0.5, 0.6) is 0 Å². The van der Waals surface area contributed by atoms with Crippen LogP contribution in [0.15, 0.2) is 52.9 Å². The van der Waals surface area contributed by atoms with Gasteiger partial charge < -0.3 is 9.73 Å². The van der Waals surface area contributed by atoms with Gasteiger partial charge in [-0.3, -0.25) is 15.6 Å². The predicted octanol–water partition coefficient (Wildman–Crippen LogP) is 4.03. The number of anilines is 1. The van der Waals surface area contributed by atoms with Crippen LogP contribution in [0.1, 0.15) is 16.1 Å². The molecule has 0 bridgehead atoms. The lowest BCUT2D eigenvalue weighted by Crippen LogP contribution is -2.43. The van der Waals surface area contributed by atoms with Gasteiger partial charge in [0.1, 0.15) is 5.58 Å². The summed E-state index contributed by atoms with van der Waals surface area (Å²) in [4.78, 5) is 12.3. The van der Waals surface area contributed by atoms with Crippen LogP contribution in [0.4, 0.5) is 5.69 Å². The second kappa shape index (κ2) is 6.90. The molecular weight excluding hydrogens is 346 g/mol. The fraction of sp³-hybridized carbons (Fsp3) is 0.0588. The number of carbonyl (C=O) groups is 1. The molecule has 0 fully saturated rings. The molecule has 0 radical (unpaired) electrons. The summed E-state index contributed by atoms with van der Waals surface area (Å²) in [5.41, 5.74) is 7.37. The second-order valence-electron chi connectivity index (χ2n) is 5.09. The minimum Gasteiger partial charge on any atom is -0.451 e. The largest absolute Gasteiger partial charge is 0.451 e. The molecule has 24 heavy (non-hydrogen) atoms. The summed E-state index contributed by atoms with van der Waals surface area (Å²) < 4.78 is 5.59. The van der Waals surface area contributed by atoms with E-state index in [0.29, 0.717) is 10.6 Å². The summed E-state index contributed by atoms with van der Waals surface area (Å²) in [6.07, 6.45) is 0. The molecule has 3 N–H and O–H groups in total. The van der Waals surface area contributed by atoms with Crippen molar-refractivity contribution in [3.8, 4) is 0 Å². The van der Waals surface area contributed by atoms with Crippen LogP contribution in [0.25, 0.3) is 11.0 Å². The first-order valence-corrected chi connectivity index (χ1v) is 7.94. The van der Waals surface area contributed by atoms with Crippen molar-refractivity contribution in [1.82, 2.24) is 10.9 Å². The third-order valence-electron chi connectivity index (χ3n) is 3.44. The number of aryl methyl sites for hydroxylation is 1. The number of carbonyl (C=O) groups excluding carboxylic acids is 1. The first-order valence-electron chi connectivity index (χ1n) is 7.15. The van der Waals surface area contributed by atoms with E-state index in [9.17, 15) is 4.79 Å². The van der Waals surface area contributed by atoms with Gasteiger partial charge in [-0.2, -0.15) is 0 Å². The highest BCUT2D eigenvalue weighted by molar-refractivity contribution is 7.80. The lowest BCUT2D eigenvalue weighted by Gasteiger charge is -2.11. The first kappa shape index (κ1) is 16.3. The summed E-state index contributed by atoms with van der Waals surface area (Å²) >= 11 is 11.0. The number of rotatable bonds is 2. The maximum Gasteiger partial charge on any atom is 0.305 e. The van der Waals surface area contributed by atoms with Crippen molar-refractivity contribution >= 4 is 51.5 Å². The van der Waals surface area contributed by atoms with Crippen molar-refractivity contribution in [3.05, 3.63) is 64.9 Å². The van der Waals surface area contributed by atoms with Crippen LogP contribution in [0.2, 0.25) is 5.02 Å². The number of thiocarbonyl (C=S) groups is 1. The SMILES string of the molecule is Cc1c(C(=O)NNC(=S)Nc2ccc(Cl)cc2)oc2ccccc12. The van der Waals surface area contributed by atoms with E-state index < -0.39 is 5.91 Å². The van der Waals surface area contributed by atoms with E-state index in [1.54, 1.807) is 24.3 Å². The molecule has 0 aliphatic heterocycles. The van der Waals surface area contributed by atoms with Crippen molar-refractivity contribution in [2.45, 2.75) is 6.92 Å². The van der Waals surface area contributed by atoms with Crippen molar-refractivity contribution in [3.63, 3.8) is 0 Å². The number of furan rings is 1. The van der Waals surface area contributed by atoms with E-state index in [1.165, 1.54) is 0 Å². The molecule has 1 heterocycles. The Morgan fingerprint density at radius 1 is 1.08 bits per heavy atom. The van der Waals surface area contributed by atoms with E-state index in [1.807, 2.05) is 31.2 Å². The smallest absolute Gasteiger partial charge is 0.305 e. The Labute approximate surface area is 149 Å². The fourth-order valence-corrected chi connectivity index (χ4v) is 2.55. The van der Waals surface area contributed by atoms with Gasteiger partial charge in [0.05, 0.1) is 0 Å². The second-order valence-corrected chi connectivity index (χ2v) is 5.94. The Kier molecular flexibility index (Phi) is 4.69. The monoisotopic (exact) mass is 359 g/mol. The Morgan fingerprint density at radius 2 is 1.79 bits per heavy atom. The van der Waals surface area contributed by atoms with Crippen molar-refractivity contribution in [2.75, 3.05) is 5.32 Å². The van der Waals surface area contributed by atoms with E-state index >= 15 is 0 Å². The Bertz CT molecular complexity index is 906. The van der Waals surface area contributed by atoms with Gasteiger partial charge in [-0.05, 0) is 49.5 Å². The van der Waals surface area contributed by atoms with Crippen LogP contribution in [-0.4, -0.2) is 11.0 Å². The first-order chi connectivity index (χ1) is 11.5. The highest BCUT2D eigenvalue weighted by Crippen LogP contribution is 2.24. The van der Waals surface area contributed by atoms with Gasteiger partial charge >= 0.3 is 5.91 Å². The van der Waals surface area contributed by atoms with Gasteiger partial charge in [-0.15, -0.1) is 0 Å². The summed E-state index contributed by atoms with van der Waals surface area (Å²) in [5.74, 6) is -0.151. The third-order valence-corrected chi connectivity index (χ3v) is 3.90. The standard InChI is InChI=1S/C17H14ClN3O2S/c1-10-13-4-2-3-5-14(13)23-15(10)16(22)20-21-17(24)19-12-8-6-11(18)7-9-12/h2-9H,1H3,(H,20,22)(H2,19,21,24). The number of benzene rings is 2. The van der Waals surface area contributed by atoms with Gasteiger partial charge in [0.2, 0.25) is 0 Å². The Hall–Kier alpha value is -2.57. The zero-order valence-corrected chi connectivity index (χ0v) is 14.3. The zero-order valence-electron chi connectivity index (χ0n) is 12.7. The lowest BCUT2D eigenvalue weighted by molar-refractivity contribution is 0.0917. The van der Waals surface area contributed by atoms with Gasteiger partial charge in [0.25, 0.3) is 0 Å². The summed E-state index contributed by atoms with van der Waals surface area (Å²) in [7, 11) is 0. The number of halogens is 1. The molecule has 7 heteroatoms. The average Bonchev–Trinajstić information content (AvgIpc) is 2.92. The van der Waals surface area contributed by atoms with Crippen LogP contribution >= 0.6 is 23.8 Å². The summed E-state index contributed by atoms with van der Waals surface area (Å²) in [5, 5.41) is 4.72. The predicted molar refractivity (Wildman–Crippen MR) is 99.2 cm³/mol. The number of hydrazine groups is 1.